The molecule has 2 aliphatic carbocycles. The van der Waals surface area contributed by atoms with Gasteiger partial charge in [-0.15, -0.1) is 0 Å². The van der Waals surface area contributed by atoms with E-state index in [1.165, 1.54) is 163 Å². The molecule has 0 aliphatic heterocycles. The van der Waals surface area contributed by atoms with Crippen LogP contribution in [-0.2, 0) is 0 Å². The maximum absolute atomic E-state index is 2.53. The average molecular weight is 850 g/mol. The summed E-state index contributed by atoms with van der Waals surface area (Å²) in [5, 5.41) is 13.0. The van der Waals surface area contributed by atoms with Crippen LogP contribution in [0.25, 0.3) is 77.7 Å². The molecule has 2 aliphatic rings. The monoisotopic (exact) mass is 849 g/mol. The second kappa shape index (κ2) is 17.3. The predicted molar refractivity (Wildman–Crippen MR) is 287 cm³/mol. The van der Waals surface area contributed by atoms with Crippen molar-refractivity contribution in [2.45, 2.75) is 71.1 Å². The molecule has 0 saturated heterocycles. The van der Waals surface area contributed by atoms with E-state index in [1.54, 1.807) is 11.1 Å². The summed E-state index contributed by atoms with van der Waals surface area (Å²) < 4.78 is 0. The quantitative estimate of drug-likeness (QED) is 0.0836. The van der Waals surface area contributed by atoms with Gasteiger partial charge in [0.2, 0.25) is 0 Å². The van der Waals surface area contributed by atoms with E-state index >= 15 is 0 Å². The van der Waals surface area contributed by atoms with Gasteiger partial charge in [0.1, 0.15) is 0 Å². The van der Waals surface area contributed by atoms with Crippen molar-refractivity contribution in [1.82, 2.24) is 0 Å². The topological polar surface area (TPSA) is 3.24 Å². The van der Waals surface area contributed by atoms with Gasteiger partial charge < -0.3 is 4.90 Å². The molecule has 0 radical (unpaired) electrons. The van der Waals surface area contributed by atoms with Crippen molar-refractivity contribution in [1.29, 1.82) is 0 Å². The second-order valence-electron chi connectivity index (χ2n) is 19.0. The van der Waals surface area contributed by atoms with Gasteiger partial charge in [0.05, 0.1) is 5.69 Å². The van der Waals surface area contributed by atoms with Gasteiger partial charge in [-0.3, -0.25) is 0 Å². The zero-order valence-electron chi connectivity index (χ0n) is 38.0. The fourth-order valence-corrected chi connectivity index (χ4v) is 11.3. The molecule has 0 unspecified atom stereocenters. The molecule has 1 nitrogen and oxygen atoms in total. The van der Waals surface area contributed by atoms with Crippen LogP contribution in [0.3, 0.4) is 0 Å². The number of allylic oxidation sites excluding steroid dienone is 2. The van der Waals surface area contributed by atoms with Crippen LogP contribution in [0, 0.1) is 6.92 Å². The fraction of sp³-hybridized carbons (Fsp3) is 0.169. The molecule has 0 heterocycles. The first-order valence-corrected chi connectivity index (χ1v) is 24.4. The van der Waals surface area contributed by atoms with Crippen LogP contribution in [0.2, 0.25) is 0 Å². The van der Waals surface area contributed by atoms with Gasteiger partial charge in [-0.2, -0.15) is 0 Å². The molecule has 2 fully saturated rings. The van der Waals surface area contributed by atoms with Gasteiger partial charge in [-0.1, -0.05) is 193 Å². The van der Waals surface area contributed by atoms with E-state index < -0.39 is 0 Å². The summed E-state index contributed by atoms with van der Waals surface area (Å²) >= 11 is 0. The van der Waals surface area contributed by atoms with Crippen molar-refractivity contribution >= 4 is 94.7 Å². The number of anilines is 3. The highest BCUT2D eigenvalue weighted by molar-refractivity contribution is 6.40. The molecule has 320 valence electrons. The molecule has 10 aromatic rings. The lowest BCUT2D eigenvalue weighted by Gasteiger charge is -2.30. The summed E-state index contributed by atoms with van der Waals surface area (Å²) in [6.45, 7) is 2.17. The Kier molecular flexibility index (Phi) is 10.6. The number of nitrogens with zero attached hydrogens (tertiary/aromatic N) is 1. The number of aryl methyl sites for hydroxylation is 1. The summed E-state index contributed by atoms with van der Waals surface area (Å²) in [4.78, 5) is 2.53. The fourth-order valence-electron chi connectivity index (χ4n) is 11.3. The van der Waals surface area contributed by atoms with Crippen molar-refractivity contribution in [3.05, 3.63) is 220 Å². The third kappa shape index (κ3) is 7.47. The van der Waals surface area contributed by atoms with Gasteiger partial charge in [0, 0.05) is 27.5 Å². The van der Waals surface area contributed by atoms with E-state index in [2.05, 4.69) is 206 Å². The molecule has 0 amide bonds. The molecule has 10 aromatic carbocycles. The Labute approximate surface area is 389 Å². The average Bonchev–Trinajstić information content (AvgIpc) is 3.37. The molecule has 0 spiro atoms. The van der Waals surface area contributed by atoms with E-state index in [0.717, 1.165) is 11.4 Å². The lowest BCUT2D eigenvalue weighted by atomic mass is 9.86. The number of rotatable bonds is 8. The first-order valence-electron chi connectivity index (χ1n) is 24.4. The summed E-state index contributed by atoms with van der Waals surface area (Å²) in [6, 6.07) is 66.5. The van der Waals surface area contributed by atoms with E-state index in [4.69, 9.17) is 0 Å². The van der Waals surface area contributed by atoms with Crippen molar-refractivity contribution < 1.29 is 0 Å². The minimum atomic E-state index is 1.13. The molecule has 0 N–H and O–H groups in total. The zero-order chi connectivity index (χ0) is 44.0. The van der Waals surface area contributed by atoms with E-state index in [9.17, 15) is 0 Å². The van der Waals surface area contributed by atoms with Gasteiger partial charge in [0.25, 0.3) is 0 Å². The highest BCUT2D eigenvalue weighted by atomic mass is 15.1. The maximum Gasteiger partial charge on any atom is 0.0619 e. The van der Waals surface area contributed by atoms with Gasteiger partial charge >= 0.3 is 0 Å². The van der Waals surface area contributed by atoms with Gasteiger partial charge in [0.15, 0.2) is 0 Å². The molecular weight excluding hydrogens is 795 g/mol. The first-order chi connectivity index (χ1) is 32.6. The molecule has 0 atom stereocenters. The minimum Gasteiger partial charge on any atom is -0.309 e. The van der Waals surface area contributed by atoms with Crippen LogP contribution in [0.1, 0.15) is 97.6 Å². The first kappa shape index (κ1) is 40.3. The standard InChI is InChI=1S/C65H55N/c1-44-25-33-50(34-26-44)61(51-35-27-47(28-36-51)41-45-13-4-2-5-14-45)43-49-31-39-54(40-32-49)66(53-37-29-48(30-38-53)42-46-15-6-3-7-16-46)65-58-20-9-8-19-57(58)63-59-23-11-18-52-17-10-21-55(62(52)59)56-22-12-24-60(65)64(56)63/h8-12,17-43H,2-7,13-16H2,1H3. The van der Waals surface area contributed by atoms with Crippen LogP contribution in [0.4, 0.5) is 17.1 Å². The molecule has 2 saturated carbocycles. The molecule has 1 heteroatoms. The zero-order valence-corrected chi connectivity index (χ0v) is 38.0. The second-order valence-corrected chi connectivity index (χ2v) is 19.0. The summed E-state index contributed by atoms with van der Waals surface area (Å²) in [7, 11) is 0. The Bertz CT molecular complexity index is 3470. The van der Waals surface area contributed by atoms with E-state index in [1.807, 2.05) is 0 Å². The SMILES string of the molecule is Cc1ccc(C(=Cc2ccc(N(c3ccc(C=C4CCCCC4)cc3)c3c4ccccc4c4c5cccc6cccc(c7cccc3c74)c65)cc2)c2ccc(C=C3CCCCC3)cc2)cc1. The van der Waals surface area contributed by atoms with Crippen LogP contribution in [0.15, 0.2) is 187 Å². The summed E-state index contributed by atoms with van der Waals surface area (Å²) in [6.07, 6.45) is 20.1. The van der Waals surface area contributed by atoms with Crippen LogP contribution < -0.4 is 4.90 Å². The predicted octanol–water partition coefficient (Wildman–Crippen LogP) is 19.0. The Morgan fingerprint density at radius 1 is 0.379 bits per heavy atom. The summed E-state index contributed by atoms with van der Waals surface area (Å²) in [5.74, 6) is 0. The lowest BCUT2D eigenvalue weighted by Crippen LogP contribution is -2.11. The van der Waals surface area contributed by atoms with Crippen LogP contribution in [-0.4, -0.2) is 0 Å². The Morgan fingerprint density at radius 3 is 1.42 bits per heavy atom. The normalized spacial score (nSPS) is 14.8. The van der Waals surface area contributed by atoms with Crippen molar-refractivity contribution in [3.63, 3.8) is 0 Å². The van der Waals surface area contributed by atoms with Crippen LogP contribution >= 0.6 is 0 Å². The lowest BCUT2D eigenvalue weighted by molar-refractivity contribution is 0.602. The largest absolute Gasteiger partial charge is 0.309 e. The van der Waals surface area contributed by atoms with Gasteiger partial charge in [-0.25, -0.2) is 0 Å². The van der Waals surface area contributed by atoms with Crippen molar-refractivity contribution in [2.24, 2.45) is 0 Å². The van der Waals surface area contributed by atoms with Crippen molar-refractivity contribution in [3.8, 4) is 0 Å². The molecular formula is C65H55N. The van der Waals surface area contributed by atoms with E-state index in [0.29, 0.717) is 0 Å². The summed E-state index contributed by atoms with van der Waals surface area (Å²) in [5.41, 5.74) is 15.4. The van der Waals surface area contributed by atoms with Gasteiger partial charge in [-0.05, 0) is 160 Å². The number of hydrogen-bond acceptors (Lipinski definition) is 1. The number of hydrogen-bond donors (Lipinski definition) is 0. The highest BCUT2D eigenvalue weighted by Gasteiger charge is 2.24. The molecule has 0 aromatic heterocycles. The third-order valence-corrected chi connectivity index (χ3v) is 14.6. The Balaban J connectivity index is 1.03. The molecule has 0 bridgehead atoms. The highest BCUT2D eigenvalue weighted by Crippen LogP contribution is 2.51. The van der Waals surface area contributed by atoms with E-state index in [-0.39, 0.29) is 0 Å². The minimum absolute atomic E-state index is 1.13. The molecule has 66 heavy (non-hydrogen) atoms. The molecule has 12 rings (SSSR count). The van der Waals surface area contributed by atoms with Crippen LogP contribution in [0.5, 0.6) is 0 Å². The smallest absolute Gasteiger partial charge is 0.0619 e. The Hall–Kier alpha value is -7.22. The number of benzene rings is 10. The number of fused-ring (bicyclic) bond motifs is 4. The third-order valence-electron chi connectivity index (χ3n) is 14.6. The van der Waals surface area contributed by atoms with Crippen molar-refractivity contribution in [2.75, 3.05) is 4.90 Å². The maximum atomic E-state index is 2.53. The Morgan fingerprint density at radius 2 is 0.818 bits per heavy atom.